The maximum atomic E-state index is 12.9. The standard InChI is InChI=1S/C20H23NO3/c1-3-11-21-17-13-16(22)9-10-18(17)24-19(20(21)23)12-15-8-6-5-7-14(15)4-2/h5-10,13,19,22H,3-4,11-12H2,1-2H3. The summed E-state index contributed by atoms with van der Waals surface area (Å²) < 4.78 is 5.98. The predicted octanol–water partition coefficient (Wildman–Crippen LogP) is 3.70. The van der Waals surface area contributed by atoms with Crippen molar-refractivity contribution >= 4 is 11.6 Å². The zero-order valence-electron chi connectivity index (χ0n) is 14.2. The number of fused-ring (bicyclic) bond motifs is 1. The van der Waals surface area contributed by atoms with Crippen LogP contribution in [-0.2, 0) is 17.6 Å². The van der Waals surface area contributed by atoms with Gasteiger partial charge in [0, 0.05) is 19.0 Å². The number of ether oxygens (including phenoxy) is 1. The SMILES string of the molecule is CCCN1C(=O)C(Cc2ccccc2CC)Oc2ccc(O)cc21. The van der Waals surface area contributed by atoms with Crippen molar-refractivity contribution in [2.75, 3.05) is 11.4 Å². The van der Waals surface area contributed by atoms with Crippen LogP contribution in [0.4, 0.5) is 5.69 Å². The molecule has 0 fully saturated rings. The summed E-state index contributed by atoms with van der Waals surface area (Å²) in [4.78, 5) is 14.6. The molecular weight excluding hydrogens is 302 g/mol. The normalized spacial score (nSPS) is 16.7. The minimum atomic E-state index is -0.527. The number of nitrogens with zero attached hydrogens (tertiary/aromatic N) is 1. The van der Waals surface area contributed by atoms with Crippen LogP contribution in [0, 0.1) is 0 Å². The Balaban J connectivity index is 1.93. The molecule has 24 heavy (non-hydrogen) atoms. The molecule has 0 bridgehead atoms. The molecule has 1 heterocycles. The fraction of sp³-hybridized carbons (Fsp3) is 0.350. The molecule has 0 spiro atoms. The summed E-state index contributed by atoms with van der Waals surface area (Å²) in [5.74, 6) is 0.752. The largest absolute Gasteiger partial charge is 0.508 e. The average molecular weight is 325 g/mol. The molecule has 0 aliphatic carbocycles. The second-order valence-corrected chi connectivity index (χ2v) is 6.07. The first-order chi connectivity index (χ1) is 11.6. The Labute approximate surface area is 142 Å². The lowest BCUT2D eigenvalue weighted by Crippen LogP contribution is -2.47. The van der Waals surface area contributed by atoms with Crippen molar-refractivity contribution in [2.24, 2.45) is 0 Å². The Kier molecular flexibility index (Phi) is 4.74. The molecule has 1 aliphatic rings. The molecule has 1 N–H and O–H groups in total. The molecule has 126 valence electrons. The number of amides is 1. The van der Waals surface area contributed by atoms with Crippen molar-refractivity contribution < 1.29 is 14.6 Å². The van der Waals surface area contributed by atoms with Gasteiger partial charge in [-0.3, -0.25) is 4.79 Å². The molecule has 0 saturated carbocycles. The van der Waals surface area contributed by atoms with Crippen LogP contribution in [0.25, 0.3) is 0 Å². The van der Waals surface area contributed by atoms with Crippen molar-refractivity contribution in [2.45, 2.75) is 39.2 Å². The van der Waals surface area contributed by atoms with Gasteiger partial charge in [0.2, 0.25) is 0 Å². The van der Waals surface area contributed by atoms with E-state index in [1.165, 1.54) is 5.56 Å². The van der Waals surface area contributed by atoms with Crippen molar-refractivity contribution in [3.63, 3.8) is 0 Å². The molecule has 4 heteroatoms. The van der Waals surface area contributed by atoms with Crippen molar-refractivity contribution in [1.29, 1.82) is 0 Å². The smallest absolute Gasteiger partial charge is 0.268 e. The van der Waals surface area contributed by atoms with E-state index in [-0.39, 0.29) is 11.7 Å². The highest BCUT2D eigenvalue weighted by Crippen LogP contribution is 2.37. The molecule has 0 saturated heterocycles. The Hall–Kier alpha value is -2.49. The fourth-order valence-corrected chi connectivity index (χ4v) is 3.20. The highest BCUT2D eigenvalue weighted by atomic mass is 16.5. The summed E-state index contributed by atoms with van der Waals surface area (Å²) in [5, 5.41) is 9.74. The summed E-state index contributed by atoms with van der Waals surface area (Å²) >= 11 is 0. The number of hydrogen-bond donors (Lipinski definition) is 1. The quantitative estimate of drug-likeness (QED) is 0.912. The van der Waals surface area contributed by atoms with Gasteiger partial charge in [-0.1, -0.05) is 38.1 Å². The maximum absolute atomic E-state index is 12.9. The molecule has 0 aromatic heterocycles. The molecular formula is C20H23NO3. The van der Waals surface area contributed by atoms with Crippen molar-refractivity contribution in [3.8, 4) is 11.5 Å². The number of rotatable bonds is 5. The zero-order chi connectivity index (χ0) is 17.1. The number of benzene rings is 2. The van der Waals surface area contributed by atoms with E-state index >= 15 is 0 Å². The van der Waals surface area contributed by atoms with Crippen molar-refractivity contribution in [3.05, 3.63) is 53.6 Å². The number of phenolic OH excluding ortho intramolecular Hbond substituents is 1. The van der Waals surface area contributed by atoms with Crippen LogP contribution >= 0.6 is 0 Å². The van der Waals surface area contributed by atoms with Gasteiger partial charge in [0.05, 0.1) is 5.69 Å². The first kappa shape index (κ1) is 16.4. The highest BCUT2D eigenvalue weighted by Gasteiger charge is 2.34. The third-order valence-corrected chi connectivity index (χ3v) is 4.40. The summed E-state index contributed by atoms with van der Waals surface area (Å²) in [6, 6.07) is 13.1. The minimum absolute atomic E-state index is 0.0409. The number of carbonyl (C=O) groups is 1. The number of aromatic hydroxyl groups is 1. The number of anilines is 1. The molecule has 2 aromatic rings. The first-order valence-corrected chi connectivity index (χ1v) is 8.51. The monoisotopic (exact) mass is 325 g/mol. The Morgan fingerprint density at radius 1 is 1.12 bits per heavy atom. The number of phenols is 1. The van der Waals surface area contributed by atoms with E-state index in [4.69, 9.17) is 4.74 Å². The average Bonchev–Trinajstić information content (AvgIpc) is 2.59. The highest BCUT2D eigenvalue weighted by molar-refractivity contribution is 6.00. The Morgan fingerprint density at radius 2 is 1.88 bits per heavy atom. The molecule has 0 radical (unpaired) electrons. The van der Waals surface area contributed by atoms with Crippen LogP contribution in [0.3, 0.4) is 0 Å². The second kappa shape index (κ2) is 6.95. The lowest BCUT2D eigenvalue weighted by Gasteiger charge is -2.34. The van der Waals surface area contributed by atoms with Gasteiger partial charge in [0.1, 0.15) is 11.5 Å². The van der Waals surface area contributed by atoms with Crippen molar-refractivity contribution in [1.82, 2.24) is 0 Å². The molecule has 1 unspecified atom stereocenters. The molecule has 1 atom stereocenters. The molecule has 3 rings (SSSR count). The van der Waals surface area contributed by atoms with Crippen LogP contribution < -0.4 is 9.64 Å². The van der Waals surface area contributed by atoms with Gasteiger partial charge in [-0.05, 0) is 36.1 Å². The van der Waals surface area contributed by atoms with Gasteiger partial charge in [0.15, 0.2) is 6.10 Å². The van der Waals surface area contributed by atoms with Gasteiger partial charge in [-0.2, -0.15) is 0 Å². The number of carbonyl (C=O) groups excluding carboxylic acids is 1. The van der Waals surface area contributed by atoms with E-state index in [0.29, 0.717) is 24.4 Å². The van der Waals surface area contributed by atoms with Gasteiger partial charge in [-0.25, -0.2) is 0 Å². The predicted molar refractivity (Wildman–Crippen MR) is 94.7 cm³/mol. The second-order valence-electron chi connectivity index (χ2n) is 6.07. The van der Waals surface area contributed by atoms with Crippen LogP contribution in [0.2, 0.25) is 0 Å². The number of aryl methyl sites for hydroxylation is 1. The molecule has 2 aromatic carbocycles. The lowest BCUT2D eigenvalue weighted by molar-refractivity contribution is -0.126. The van der Waals surface area contributed by atoms with E-state index in [0.717, 1.165) is 18.4 Å². The summed E-state index contributed by atoms with van der Waals surface area (Å²) in [6.45, 7) is 4.76. The van der Waals surface area contributed by atoms with Gasteiger partial charge in [-0.15, -0.1) is 0 Å². The lowest BCUT2D eigenvalue weighted by atomic mass is 9.98. The third kappa shape index (κ3) is 3.09. The van der Waals surface area contributed by atoms with Crippen LogP contribution in [-0.4, -0.2) is 23.7 Å². The third-order valence-electron chi connectivity index (χ3n) is 4.40. The van der Waals surface area contributed by atoms with Crippen LogP contribution in [0.5, 0.6) is 11.5 Å². The molecule has 1 amide bonds. The van der Waals surface area contributed by atoms with Crippen LogP contribution in [0.1, 0.15) is 31.4 Å². The Morgan fingerprint density at radius 3 is 2.58 bits per heavy atom. The van der Waals surface area contributed by atoms with E-state index < -0.39 is 6.10 Å². The maximum Gasteiger partial charge on any atom is 0.268 e. The van der Waals surface area contributed by atoms with E-state index in [2.05, 4.69) is 19.1 Å². The Bertz CT molecular complexity index is 741. The van der Waals surface area contributed by atoms with Gasteiger partial charge in [0.25, 0.3) is 5.91 Å². The van der Waals surface area contributed by atoms with E-state index in [9.17, 15) is 9.90 Å². The van der Waals surface area contributed by atoms with E-state index in [1.807, 2.05) is 19.1 Å². The summed E-state index contributed by atoms with van der Waals surface area (Å²) in [7, 11) is 0. The van der Waals surface area contributed by atoms with Gasteiger partial charge < -0.3 is 14.7 Å². The van der Waals surface area contributed by atoms with Crippen LogP contribution in [0.15, 0.2) is 42.5 Å². The summed E-state index contributed by atoms with van der Waals surface area (Å²) in [5.41, 5.74) is 3.05. The van der Waals surface area contributed by atoms with Gasteiger partial charge >= 0.3 is 0 Å². The molecule has 4 nitrogen and oxygen atoms in total. The first-order valence-electron chi connectivity index (χ1n) is 8.51. The topological polar surface area (TPSA) is 49.8 Å². The zero-order valence-corrected chi connectivity index (χ0v) is 14.2. The molecule has 1 aliphatic heterocycles. The van der Waals surface area contributed by atoms with E-state index in [1.54, 1.807) is 23.1 Å². The minimum Gasteiger partial charge on any atom is -0.508 e. The fourth-order valence-electron chi connectivity index (χ4n) is 3.20. The summed E-state index contributed by atoms with van der Waals surface area (Å²) in [6.07, 6.45) is 1.81. The number of hydrogen-bond acceptors (Lipinski definition) is 3.